The molecule has 0 aliphatic rings. The summed E-state index contributed by atoms with van der Waals surface area (Å²) in [4.78, 5) is 2.43. The topological polar surface area (TPSA) is 35.2 Å². The van der Waals surface area contributed by atoms with Gasteiger partial charge in [-0.25, -0.2) is 4.39 Å². The van der Waals surface area contributed by atoms with Crippen LogP contribution >= 0.6 is 11.3 Å². The van der Waals surface area contributed by atoms with Gasteiger partial charge in [0.2, 0.25) is 0 Å². The molecule has 0 fully saturated rings. The lowest BCUT2D eigenvalue weighted by molar-refractivity contribution is 0.385. The van der Waals surface area contributed by atoms with E-state index in [0.717, 1.165) is 11.1 Å². The Hall–Kier alpha value is -1.39. The molecule has 0 amide bonds. The number of ether oxygens (including phenoxy) is 1. The van der Waals surface area contributed by atoms with Gasteiger partial charge in [0.05, 0.1) is 13.2 Å². The van der Waals surface area contributed by atoms with Gasteiger partial charge in [-0.15, -0.1) is 11.3 Å². The van der Waals surface area contributed by atoms with Crippen LogP contribution in [0, 0.1) is 19.7 Å². The van der Waals surface area contributed by atoms with Crippen molar-refractivity contribution in [1.29, 1.82) is 0 Å². The second kappa shape index (κ2) is 5.08. The molecule has 1 unspecified atom stereocenters. The van der Waals surface area contributed by atoms with E-state index in [1.165, 1.54) is 22.9 Å². The molecule has 1 atom stereocenters. The lowest BCUT2D eigenvalue weighted by atomic mass is 10.00. The molecule has 0 saturated carbocycles. The van der Waals surface area contributed by atoms with Gasteiger partial charge in [-0.2, -0.15) is 0 Å². The molecule has 0 aliphatic heterocycles. The molecular weight excluding hydrogens is 249 g/mol. The van der Waals surface area contributed by atoms with Crippen molar-refractivity contribution >= 4 is 11.3 Å². The quantitative estimate of drug-likeness (QED) is 0.921. The van der Waals surface area contributed by atoms with Crippen molar-refractivity contribution in [3.8, 4) is 5.75 Å². The summed E-state index contributed by atoms with van der Waals surface area (Å²) < 4.78 is 18.3. The van der Waals surface area contributed by atoms with E-state index in [9.17, 15) is 4.39 Å². The number of thiophene rings is 1. The van der Waals surface area contributed by atoms with E-state index >= 15 is 0 Å². The van der Waals surface area contributed by atoms with Gasteiger partial charge >= 0.3 is 0 Å². The summed E-state index contributed by atoms with van der Waals surface area (Å²) in [7, 11) is 1.45. The van der Waals surface area contributed by atoms with Gasteiger partial charge in [0, 0.05) is 9.75 Å². The molecule has 0 bridgehead atoms. The minimum Gasteiger partial charge on any atom is -0.494 e. The molecule has 2 aromatic rings. The molecule has 96 valence electrons. The zero-order chi connectivity index (χ0) is 13.3. The maximum absolute atomic E-state index is 13.4. The highest BCUT2D eigenvalue weighted by molar-refractivity contribution is 7.12. The predicted molar refractivity (Wildman–Crippen MR) is 72.8 cm³/mol. The maximum Gasteiger partial charge on any atom is 0.165 e. The van der Waals surface area contributed by atoms with E-state index in [-0.39, 0.29) is 17.6 Å². The molecule has 1 aromatic carbocycles. The number of hydrogen-bond acceptors (Lipinski definition) is 3. The average molecular weight is 265 g/mol. The van der Waals surface area contributed by atoms with E-state index in [0.29, 0.717) is 0 Å². The lowest BCUT2D eigenvalue weighted by Crippen LogP contribution is -2.12. The molecule has 18 heavy (non-hydrogen) atoms. The third-order valence-electron chi connectivity index (χ3n) is 2.95. The first-order valence-corrected chi connectivity index (χ1v) is 6.50. The average Bonchev–Trinajstić information content (AvgIpc) is 2.68. The molecule has 0 radical (unpaired) electrons. The highest BCUT2D eigenvalue weighted by Crippen LogP contribution is 2.31. The fraction of sp³-hybridized carbons (Fsp3) is 0.286. The van der Waals surface area contributed by atoms with Crippen LogP contribution in [-0.2, 0) is 0 Å². The SMILES string of the molecule is COc1cc(C(N)c2cc(C)sc2C)ccc1F. The molecule has 0 aliphatic carbocycles. The molecule has 0 spiro atoms. The number of aryl methyl sites for hydroxylation is 2. The number of rotatable bonds is 3. The van der Waals surface area contributed by atoms with Crippen molar-refractivity contribution in [1.82, 2.24) is 0 Å². The molecule has 2 N–H and O–H groups in total. The van der Waals surface area contributed by atoms with E-state index < -0.39 is 0 Å². The van der Waals surface area contributed by atoms with E-state index in [1.54, 1.807) is 23.5 Å². The van der Waals surface area contributed by atoms with Crippen molar-refractivity contribution in [2.24, 2.45) is 5.73 Å². The van der Waals surface area contributed by atoms with Gasteiger partial charge < -0.3 is 10.5 Å². The van der Waals surface area contributed by atoms with Crippen molar-refractivity contribution in [3.05, 3.63) is 51.0 Å². The number of halogens is 1. The van der Waals surface area contributed by atoms with Crippen LogP contribution in [0.4, 0.5) is 4.39 Å². The molecule has 1 heterocycles. The van der Waals surface area contributed by atoms with Crippen LogP contribution in [-0.4, -0.2) is 7.11 Å². The van der Waals surface area contributed by atoms with Gasteiger partial charge in [0.25, 0.3) is 0 Å². The smallest absolute Gasteiger partial charge is 0.165 e. The first kappa shape index (κ1) is 13.1. The molecule has 2 nitrogen and oxygen atoms in total. The van der Waals surface area contributed by atoms with E-state index in [2.05, 4.69) is 13.0 Å². The fourth-order valence-corrected chi connectivity index (χ4v) is 2.98. The maximum atomic E-state index is 13.4. The summed E-state index contributed by atoms with van der Waals surface area (Å²) in [5.41, 5.74) is 8.18. The zero-order valence-electron chi connectivity index (χ0n) is 10.7. The summed E-state index contributed by atoms with van der Waals surface area (Å²) in [5, 5.41) is 0. The Morgan fingerprint density at radius 3 is 2.56 bits per heavy atom. The standard InChI is InChI=1S/C14H16FNOS/c1-8-6-11(9(2)18-8)14(16)10-4-5-12(15)13(7-10)17-3/h4-7,14H,16H2,1-3H3. The molecule has 1 aromatic heterocycles. The van der Waals surface area contributed by atoms with Crippen LogP contribution < -0.4 is 10.5 Å². The van der Waals surface area contributed by atoms with E-state index in [1.807, 2.05) is 6.92 Å². The van der Waals surface area contributed by atoms with Crippen molar-refractivity contribution < 1.29 is 9.13 Å². The predicted octanol–water partition coefficient (Wildman–Crippen LogP) is 3.56. The summed E-state index contributed by atoms with van der Waals surface area (Å²) in [6.07, 6.45) is 0. The van der Waals surface area contributed by atoms with Crippen LogP contribution in [0.1, 0.15) is 26.9 Å². The van der Waals surface area contributed by atoms with Crippen LogP contribution in [0.3, 0.4) is 0 Å². The van der Waals surface area contributed by atoms with Gasteiger partial charge in [-0.05, 0) is 43.2 Å². The Morgan fingerprint density at radius 1 is 1.28 bits per heavy atom. The molecule has 2 rings (SSSR count). The minimum absolute atomic E-state index is 0.229. The van der Waals surface area contributed by atoms with Gasteiger partial charge in [-0.1, -0.05) is 6.07 Å². The normalized spacial score (nSPS) is 12.5. The van der Waals surface area contributed by atoms with Gasteiger partial charge in [0.15, 0.2) is 11.6 Å². The zero-order valence-corrected chi connectivity index (χ0v) is 11.5. The summed E-state index contributed by atoms with van der Waals surface area (Å²) in [5.74, 6) is -0.140. The Morgan fingerprint density at radius 2 is 2.00 bits per heavy atom. The molecule has 0 saturated heterocycles. The number of nitrogens with two attached hydrogens (primary N) is 1. The first-order chi connectivity index (χ1) is 8.52. The Bertz CT molecular complexity index is 565. The Kier molecular flexibility index (Phi) is 3.68. The highest BCUT2D eigenvalue weighted by Gasteiger charge is 2.15. The second-order valence-electron chi connectivity index (χ2n) is 4.24. The first-order valence-electron chi connectivity index (χ1n) is 5.69. The van der Waals surface area contributed by atoms with Crippen molar-refractivity contribution in [2.45, 2.75) is 19.9 Å². The highest BCUT2D eigenvalue weighted by atomic mass is 32.1. The number of benzene rings is 1. The van der Waals surface area contributed by atoms with Crippen LogP contribution in [0.5, 0.6) is 5.75 Å². The largest absolute Gasteiger partial charge is 0.494 e. The lowest BCUT2D eigenvalue weighted by Gasteiger charge is -2.13. The third-order valence-corrected chi connectivity index (χ3v) is 3.93. The van der Waals surface area contributed by atoms with Crippen LogP contribution in [0.2, 0.25) is 0 Å². The van der Waals surface area contributed by atoms with E-state index in [4.69, 9.17) is 10.5 Å². The molecule has 4 heteroatoms. The van der Waals surface area contributed by atoms with Gasteiger partial charge in [-0.3, -0.25) is 0 Å². The Labute approximate surface area is 110 Å². The minimum atomic E-state index is -0.369. The fourth-order valence-electron chi connectivity index (χ4n) is 2.01. The van der Waals surface area contributed by atoms with Crippen molar-refractivity contribution in [3.63, 3.8) is 0 Å². The third kappa shape index (κ3) is 2.40. The Balaban J connectivity index is 2.39. The molecular formula is C14H16FNOS. The summed E-state index contributed by atoms with van der Waals surface area (Å²) in [6.45, 7) is 4.10. The van der Waals surface area contributed by atoms with Crippen LogP contribution in [0.15, 0.2) is 24.3 Å². The van der Waals surface area contributed by atoms with Crippen molar-refractivity contribution in [2.75, 3.05) is 7.11 Å². The number of methoxy groups -OCH3 is 1. The number of hydrogen-bond donors (Lipinski definition) is 1. The van der Waals surface area contributed by atoms with Crippen LogP contribution in [0.25, 0.3) is 0 Å². The monoisotopic (exact) mass is 265 g/mol. The summed E-state index contributed by atoms with van der Waals surface area (Å²) in [6, 6.07) is 6.59. The summed E-state index contributed by atoms with van der Waals surface area (Å²) >= 11 is 1.72. The van der Waals surface area contributed by atoms with Gasteiger partial charge in [0.1, 0.15) is 0 Å². The second-order valence-corrected chi connectivity index (χ2v) is 5.70.